The number of hydrogen-bond acceptors (Lipinski definition) is 7. The lowest BCUT2D eigenvalue weighted by Gasteiger charge is -2.34. The Morgan fingerprint density at radius 1 is 1.12 bits per heavy atom. The van der Waals surface area contributed by atoms with Gasteiger partial charge in [0.1, 0.15) is 19.0 Å². The number of piperidine rings is 1. The van der Waals surface area contributed by atoms with Crippen LogP contribution in [0.3, 0.4) is 0 Å². The predicted molar refractivity (Wildman–Crippen MR) is 120 cm³/mol. The number of halogens is 1. The summed E-state index contributed by atoms with van der Waals surface area (Å²) in [5.41, 5.74) is 1.78. The molecule has 0 aliphatic carbocycles. The van der Waals surface area contributed by atoms with E-state index in [1.54, 1.807) is 27.7 Å². The van der Waals surface area contributed by atoms with E-state index in [-0.39, 0.29) is 29.2 Å². The first-order valence-corrected chi connectivity index (χ1v) is 11.5. The molecule has 2 aromatic heterocycles. The zero-order chi connectivity index (χ0) is 23.2. The Hall–Kier alpha value is -3.53. The maximum atomic E-state index is 14.8. The standard InChI is InChI=1S/C24H24FN5O4/c25-18-3-1-14-2-4-20(31)30-13-15(22(18)23(14)30)12-29-6-5-16(10-21(29)32)26-11-17-9-19-24(28-27-17)34-8-7-33-19/h1-4,9,15-16,26H,5-8,10-13H2/t15-,16?/m1/s1. The Bertz CT molecular complexity index is 1340. The van der Waals surface area contributed by atoms with Gasteiger partial charge in [0.25, 0.3) is 11.4 Å². The van der Waals surface area contributed by atoms with E-state index >= 15 is 0 Å². The van der Waals surface area contributed by atoms with E-state index in [0.29, 0.717) is 68.5 Å². The SMILES string of the molecule is O=C1CC(NCc2cc3c(nn2)OCCO3)CCN1C[C@@H]1Cn2c(=O)ccc3ccc(F)c1c32. The summed E-state index contributed by atoms with van der Waals surface area (Å²) in [7, 11) is 0. The van der Waals surface area contributed by atoms with Gasteiger partial charge in [-0.1, -0.05) is 0 Å². The van der Waals surface area contributed by atoms with E-state index in [1.165, 1.54) is 12.1 Å². The van der Waals surface area contributed by atoms with Crippen LogP contribution in [0.15, 0.2) is 35.1 Å². The molecule has 34 heavy (non-hydrogen) atoms. The average molecular weight is 465 g/mol. The largest absolute Gasteiger partial charge is 0.484 e. The Morgan fingerprint density at radius 2 is 1.97 bits per heavy atom. The first kappa shape index (κ1) is 21.0. The zero-order valence-corrected chi connectivity index (χ0v) is 18.5. The molecular weight excluding hydrogens is 441 g/mol. The quantitative estimate of drug-likeness (QED) is 0.611. The van der Waals surface area contributed by atoms with Crippen LogP contribution in [0, 0.1) is 5.82 Å². The number of amides is 1. The van der Waals surface area contributed by atoms with Crippen LogP contribution in [-0.2, 0) is 17.9 Å². The van der Waals surface area contributed by atoms with Crippen LogP contribution in [-0.4, -0.2) is 57.9 Å². The van der Waals surface area contributed by atoms with Gasteiger partial charge in [-0.2, -0.15) is 5.10 Å². The third-order valence-corrected chi connectivity index (χ3v) is 6.84. The van der Waals surface area contributed by atoms with Gasteiger partial charge in [0, 0.05) is 62.3 Å². The van der Waals surface area contributed by atoms with Crippen LogP contribution in [0.25, 0.3) is 10.9 Å². The van der Waals surface area contributed by atoms with Crippen molar-refractivity contribution in [1.82, 2.24) is 25.0 Å². The number of ether oxygens (including phenoxy) is 2. The van der Waals surface area contributed by atoms with Crippen molar-refractivity contribution in [3.63, 3.8) is 0 Å². The van der Waals surface area contributed by atoms with Crippen molar-refractivity contribution >= 4 is 16.8 Å². The molecule has 6 rings (SSSR count). The molecule has 0 bridgehead atoms. The van der Waals surface area contributed by atoms with Gasteiger partial charge in [0.05, 0.1) is 11.2 Å². The van der Waals surface area contributed by atoms with E-state index in [4.69, 9.17) is 9.47 Å². The molecule has 3 aromatic rings. The highest BCUT2D eigenvalue weighted by Crippen LogP contribution is 2.35. The molecule has 3 aliphatic heterocycles. The van der Waals surface area contributed by atoms with Gasteiger partial charge in [0.2, 0.25) is 5.91 Å². The Kier molecular flexibility index (Phi) is 5.17. The van der Waals surface area contributed by atoms with Gasteiger partial charge < -0.3 is 24.3 Å². The van der Waals surface area contributed by atoms with Gasteiger partial charge in [-0.3, -0.25) is 9.59 Å². The molecule has 0 saturated carbocycles. The third-order valence-electron chi connectivity index (χ3n) is 6.84. The molecule has 3 aliphatic rings. The number of nitrogens with one attached hydrogen (secondary N) is 1. The van der Waals surface area contributed by atoms with Gasteiger partial charge in [0.15, 0.2) is 5.75 Å². The number of carbonyl (C=O) groups is 1. The number of aromatic nitrogens is 3. The van der Waals surface area contributed by atoms with Crippen molar-refractivity contribution in [3.8, 4) is 11.6 Å². The maximum absolute atomic E-state index is 14.8. The molecule has 9 nitrogen and oxygen atoms in total. The minimum atomic E-state index is -0.320. The highest BCUT2D eigenvalue weighted by atomic mass is 19.1. The van der Waals surface area contributed by atoms with Gasteiger partial charge in [-0.25, -0.2) is 4.39 Å². The molecule has 0 radical (unpaired) electrons. The summed E-state index contributed by atoms with van der Waals surface area (Å²) >= 11 is 0. The molecule has 176 valence electrons. The summed E-state index contributed by atoms with van der Waals surface area (Å²) in [6.45, 7) is 2.78. The molecule has 1 aromatic carbocycles. The first-order valence-electron chi connectivity index (χ1n) is 11.5. The van der Waals surface area contributed by atoms with Gasteiger partial charge >= 0.3 is 0 Å². The monoisotopic (exact) mass is 465 g/mol. The molecule has 2 atom stereocenters. The van der Waals surface area contributed by atoms with Crippen molar-refractivity contribution in [3.05, 3.63) is 57.8 Å². The van der Waals surface area contributed by atoms with Crippen LogP contribution < -0.4 is 20.3 Å². The zero-order valence-electron chi connectivity index (χ0n) is 18.5. The van der Waals surface area contributed by atoms with Crippen molar-refractivity contribution in [2.24, 2.45) is 0 Å². The van der Waals surface area contributed by atoms with Crippen LogP contribution in [0.1, 0.15) is 30.0 Å². The summed E-state index contributed by atoms with van der Waals surface area (Å²) in [6.07, 6.45) is 1.13. The Morgan fingerprint density at radius 3 is 2.85 bits per heavy atom. The predicted octanol–water partition coefficient (Wildman–Crippen LogP) is 1.58. The number of hydrogen-bond donors (Lipinski definition) is 1. The summed E-state index contributed by atoms with van der Waals surface area (Å²) in [4.78, 5) is 27.1. The van der Waals surface area contributed by atoms with Crippen LogP contribution in [0.5, 0.6) is 11.6 Å². The number of fused-ring (bicyclic) bond motifs is 1. The fourth-order valence-corrected chi connectivity index (χ4v) is 5.17. The molecule has 1 N–H and O–H groups in total. The summed E-state index contributed by atoms with van der Waals surface area (Å²) < 4.78 is 27.3. The minimum absolute atomic E-state index is 0.0160. The summed E-state index contributed by atoms with van der Waals surface area (Å²) in [5, 5.41) is 12.4. The number of nitrogens with zero attached hydrogens (tertiary/aromatic N) is 4. The van der Waals surface area contributed by atoms with Crippen molar-refractivity contribution in [1.29, 1.82) is 0 Å². The number of likely N-dealkylation sites (tertiary alicyclic amines) is 1. The number of rotatable bonds is 5. The number of benzene rings is 1. The molecule has 1 amide bonds. The molecular formula is C24H24FN5O4. The van der Waals surface area contributed by atoms with E-state index in [0.717, 1.165) is 17.5 Å². The molecule has 1 fully saturated rings. The van der Waals surface area contributed by atoms with Crippen molar-refractivity contribution in [2.45, 2.75) is 37.9 Å². The average Bonchev–Trinajstić information content (AvgIpc) is 3.24. The lowest BCUT2D eigenvalue weighted by molar-refractivity contribution is -0.134. The Labute approximate surface area is 194 Å². The minimum Gasteiger partial charge on any atom is -0.484 e. The van der Waals surface area contributed by atoms with Crippen molar-refractivity contribution < 1.29 is 18.7 Å². The lowest BCUT2D eigenvalue weighted by atomic mass is 9.96. The number of pyridine rings is 1. The second-order valence-corrected chi connectivity index (χ2v) is 8.99. The topological polar surface area (TPSA) is 98.6 Å². The van der Waals surface area contributed by atoms with Crippen LogP contribution >= 0.6 is 0 Å². The fraction of sp³-hybridized carbons (Fsp3) is 0.417. The maximum Gasteiger partial charge on any atom is 0.276 e. The molecule has 1 saturated heterocycles. The van der Waals surface area contributed by atoms with Gasteiger partial charge in [-0.15, -0.1) is 5.10 Å². The van der Waals surface area contributed by atoms with E-state index in [9.17, 15) is 14.0 Å². The highest BCUT2D eigenvalue weighted by Gasteiger charge is 2.33. The van der Waals surface area contributed by atoms with E-state index in [2.05, 4.69) is 15.5 Å². The smallest absolute Gasteiger partial charge is 0.276 e. The van der Waals surface area contributed by atoms with Crippen LogP contribution in [0.2, 0.25) is 0 Å². The van der Waals surface area contributed by atoms with Crippen molar-refractivity contribution in [2.75, 3.05) is 26.3 Å². The Balaban J connectivity index is 1.10. The first-order chi connectivity index (χ1) is 16.6. The molecule has 0 spiro atoms. The summed E-state index contributed by atoms with van der Waals surface area (Å²) in [6, 6.07) is 8.21. The van der Waals surface area contributed by atoms with Crippen LogP contribution in [0.4, 0.5) is 4.39 Å². The normalized spacial score (nSPS) is 21.3. The fourth-order valence-electron chi connectivity index (χ4n) is 5.17. The van der Waals surface area contributed by atoms with Gasteiger partial charge in [-0.05, 0) is 30.0 Å². The molecule has 10 heteroatoms. The van der Waals surface area contributed by atoms with E-state index < -0.39 is 0 Å². The highest BCUT2D eigenvalue weighted by molar-refractivity contribution is 5.84. The molecule has 5 heterocycles. The second-order valence-electron chi connectivity index (χ2n) is 8.99. The summed E-state index contributed by atoms with van der Waals surface area (Å²) in [5.74, 6) is 0.455. The molecule has 1 unspecified atom stereocenters. The van der Waals surface area contributed by atoms with E-state index in [1.807, 2.05) is 0 Å². The number of carbonyl (C=O) groups excluding carboxylic acids is 1. The second kappa shape index (κ2) is 8.35. The lowest BCUT2D eigenvalue weighted by Crippen LogP contribution is -2.47. The third kappa shape index (κ3) is 3.67.